The van der Waals surface area contributed by atoms with Crippen molar-refractivity contribution in [2.24, 2.45) is 0 Å². The van der Waals surface area contributed by atoms with Crippen LogP contribution in [0, 0.1) is 0 Å². The van der Waals surface area contributed by atoms with Crippen molar-refractivity contribution in [3.63, 3.8) is 0 Å². The van der Waals surface area contributed by atoms with E-state index in [2.05, 4.69) is 9.47 Å². The monoisotopic (exact) mass is 296 g/mol. The van der Waals surface area contributed by atoms with Crippen LogP contribution in [0.1, 0.15) is 18.4 Å². The molecule has 0 aliphatic carbocycles. The van der Waals surface area contributed by atoms with Gasteiger partial charge >= 0.3 is 17.9 Å². The lowest BCUT2D eigenvalue weighted by atomic mass is 10.2. The van der Waals surface area contributed by atoms with Gasteiger partial charge in [0.15, 0.2) is 0 Å². The number of carbonyl (C=O) groups is 3. The summed E-state index contributed by atoms with van der Waals surface area (Å²) in [6, 6.07) is 9.14. The standard InChI is InChI=1S/C14H16O7/c15-8-14(18)21-10-20-13(17)7-6-12(16)19-9-11-4-2-1-3-5-11/h1-5,15H,6-10H2. The Kier molecular flexibility index (Phi) is 7.52. The second-order valence-electron chi connectivity index (χ2n) is 3.95. The normalized spacial score (nSPS) is 9.76. The maximum Gasteiger partial charge on any atom is 0.334 e. The molecule has 1 rings (SSSR count). The Hall–Kier alpha value is -2.41. The zero-order chi connectivity index (χ0) is 15.5. The van der Waals surface area contributed by atoms with Gasteiger partial charge in [0.25, 0.3) is 0 Å². The highest BCUT2D eigenvalue weighted by Crippen LogP contribution is 2.03. The summed E-state index contributed by atoms with van der Waals surface area (Å²) in [4.78, 5) is 33.2. The minimum Gasteiger partial charge on any atom is -0.461 e. The predicted molar refractivity (Wildman–Crippen MR) is 69.6 cm³/mol. The molecule has 1 aromatic carbocycles. The molecule has 7 nitrogen and oxygen atoms in total. The van der Waals surface area contributed by atoms with Crippen molar-refractivity contribution in [3.8, 4) is 0 Å². The van der Waals surface area contributed by atoms with Gasteiger partial charge in [-0.1, -0.05) is 30.3 Å². The minimum absolute atomic E-state index is 0.125. The molecule has 0 amide bonds. The number of hydrogen-bond donors (Lipinski definition) is 1. The average molecular weight is 296 g/mol. The Labute approximate surface area is 121 Å². The SMILES string of the molecule is O=C(CO)OCOC(=O)CCC(=O)OCc1ccccc1. The van der Waals surface area contributed by atoms with Gasteiger partial charge in [0.1, 0.15) is 13.2 Å². The summed E-state index contributed by atoms with van der Waals surface area (Å²) in [6.45, 7) is -1.23. The third-order valence-corrected chi connectivity index (χ3v) is 2.34. The largest absolute Gasteiger partial charge is 0.461 e. The molecule has 1 N–H and O–H groups in total. The molecule has 0 atom stereocenters. The van der Waals surface area contributed by atoms with Crippen LogP contribution < -0.4 is 0 Å². The van der Waals surface area contributed by atoms with Crippen LogP contribution >= 0.6 is 0 Å². The zero-order valence-corrected chi connectivity index (χ0v) is 11.3. The summed E-state index contributed by atoms with van der Waals surface area (Å²) in [5, 5.41) is 8.35. The van der Waals surface area contributed by atoms with Gasteiger partial charge in [0.05, 0.1) is 12.8 Å². The average Bonchev–Trinajstić information content (AvgIpc) is 2.51. The Morgan fingerprint density at radius 3 is 2.05 bits per heavy atom. The molecule has 114 valence electrons. The molecule has 0 aromatic heterocycles. The first-order valence-corrected chi connectivity index (χ1v) is 6.23. The molecular formula is C14H16O7. The fraction of sp³-hybridized carbons (Fsp3) is 0.357. The van der Waals surface area contributed by atoms with Crippen LogP contribution in [0.5, 0.6) is 0 Å². The van der Waals surface area contributed by atoms with Crippen LogP contribution in [0.3, 0.4) is 0 Å². The van der Waals surface area contributed by atoms with Gasteiger partial charge in [-0.3, -0.25) is 9.59 Å². The number of ether oxygens (including phenoxy) is 3. The fourth-order valence-electron chi connectivity index (χ4n) is 1.29. The van der Waals surface area contributed by atoms with Gasteiger partial charge in [0.2, 0.25) is 6.79 Å². The Morgan fingerprint density at radius 2 is 1.43 bits per heavy atom. The molecule has 0 radical (unpaired) electrons. The lowest BCUT2D eigenvalue weighted by Crippen LogP contribution is -2.16. The molecule has 0 aliphatic rings. The van der Waals surface area contributed by atoms with Crippen molar-refractivity contribution in [2.75, 3.05) is 13.4 Å². The lowest BCUT2D eigenvalue weighted by Gasteiger charge is -2.06. The molecule has 0 spiro atoms. The molecule has 0 bridgehead atoms. The van der Waals surface area contributed by atoms with Crippen molar-refractivity contribution in [1.29, 1.82) is 0 Å². The van der Waals surface area contributed by atoms with Gasteiger partial charge in [-0.15, -0.1) is 0 Å². The lowest BCUT2D eigenvalue weighted by molar-refractivity contribution is -0.170. The molecule has 0 aliphatic heterocycles. The van der Waals surface area contributed by atoms with Crippen LogP contribution in [0.4, 0.5) is 0 Å². The summed E-state index contributed by atoms with van der Waals surface area (Å²) in [5.74, 6) is -2.12. The zero-order valence-electron chi connectivity index (χ0n) is 11.3. The van der Waals surface area contributed by atoms with Crippen LogP contribution in [-0.2, 0) is 35.2 Å². The van der Waals surface area contributed by atoms with E-state index in [1.165, 1.54) is 0 Å². The van der Waals surface area contributed by atoms with Gasteiger partial charge in [-0.05, 0) is 5.56 Å². The van der Waals surface area contributed by atoms with Gasteiger partial charge < -0.3 is 19.3 Å². The van der Waals surface area contributed by atoms with E-state index >= 15 is 0 Å². The van der Waals surface area contributed by atoms with Crippen LogP contribution in [0.25, 0.3) is 0 Å². The molecule has 0 saturated carbocycles. The summed E-state index contributed by atoms with van der Waals surface area (Å²) in [7, 11) is 0. The number of benzene rings is 1. The highest BCUT2D eigenvalue weighted by Gasteiger charge is 2.10. The molecule has 0 saturated heterocycles. The van der Waals surface area contributed by atoms with E-state index in [1.54, 1.807) is 0 Å². The number of hydrogen-bond acceptors (Lipinski definition) is 7. The van der Waals surface area contributed by atoms with Crippen LogP contribution in [0.2, 0.25) is 0 Å². The van der Waals surface area contributed by atoms with E-state index in [1.807, 2.05) is 30.3 Å². The summed E-state index contributed by atoms with van der Waals surface area (Å²) >= 11 is 0. The first-order chi connectivity index (χ1) is 10.1. The van der Waals surface area contributed by atoms with E-state index in [9.17, 15) is 14.4 Å². The van der Waals surface area contributed by atoms with E-state index in [0.29, 0.717) is 0 Å². The Balaban J connectivity index is 2.12. The number of esters is 3. The highest BCUT2D eigenvalue weighted by atomic mass is 16.7. The van der Waals surface area contributed by atoms with Gasteiger partial charge in [-0.25, -0.2) is 4.79 Å². The van der Waals surface area contributed by atoms with E-state index in [-0.39, 0.29) is 19.4 Å². The summed E-state index contributed by atoms with van der Waals surface area (Å²) in [5.41, 5.74) is 0.851. The fourth-order valence-corrected chi connectivity index (χ4v) is 1.29. The summed E-state index contributed by atoms with van der Waals surface area (Å²) < 4.78 is 13.8. The minimum atomic E-state index is -0.898. The number of aliphatic hydroxyl groups is 1. The second kappa shape index (κ2) is 9.49. The van der Waals surface area contributed by atoms with Crippen molar-refractivity contribution in [1.82, 2.24) is 0 Å². The predicted octanol–water partition coefficient (Wildman–Crippen LogP) is 0.546. The molecule has 21 heavy (non-hydrogen) atoms. The molecule has 0 fully saturated rings. The third-order valence-electron chi connectivity index (χ3n) is 2.34. The maximum atomic E-state index is 11.4. The van der Waals surface area contributed by atoms with Gasteiger partial charge in [0, 0.05) is 0 Å². The van der Waals surface area contributed by atoms with E-state index in [4.69, 9.17) is 9.84 Å². The van der Waals surface area contributed by atoms with Crippen LogP contribution in [-0.4, -0.2) is 36.4 Å². The third kappa shape index (κ3) is 7.68. The second-order valence-corrected chi connectivity index (χ2v) is 3.95. The summed E-state index contributed by atoms with van der Waals surface area (Å²) in [6.07, 6.45) is -0.302. The number of aliphatic hydroxyl groups excluding tert-OH is 1. The molecule has 0 heterocycles. The Bertz CT molecular complexity index is 469. The molecular weight excluding hydrogens is 280 g/mol. The molecule has 0 unspecified atom stereocenters. The number of carbonyl (C=O) groups excluding carboxylic acids is 3. The Morgan fingerprint density at radius 1 is 0.857 bits per heavy atom. The smallest absolute Gasteiger partial charge is 0.334 e. The van der Waals surface area contributed by atoms with Crippen molar-refractivity contribution in [2.45, 2.75) is 19.4 Å². The van der Waals surface area contributed by atoms with E-state index in [0.717, 1.165) is 5.56 Å². The maximum absolute atomic E-state index is 11.4. The van der Waals surface area contributed by atoms with Crippen LogP contribution in [0.15, 0.2) is 30.3 Å². The van der Waals surface area contributed by atoms with Gasteiger partial charge in [-0.2, -0.15) is 0 Å². The van der Waals surface area contributed by atoms with Crippen molar-refractivity contribution in [3.05, 3.63) is 35.9 Å². The first kappa shape index (κ1) is 16.6. The van der Waals surface area contributed by atoms with E-state index < -0.39 is 31.3 Å². The highest BCUT2D eigenvalue weighted by molar-refractivity contribution is 5.77. The van der Waals surface area contributed by atoms with Crippen molar-refractivity contribution >= 4 is 17.9 Å². The number of rotatable bonds is 8. The quantitative estimate of drug-likeness (QED) is 0.552. The first-order valence-electron chi connectivity index (χ1n) is 6.23. The molecule has 1 aromatic rings. The molecule has 7 heteroatoms. The van der Waals surface area contributed by atoms with Crippen molar-refractivity contribution < 1.29 is 33.7 Å². The topological polar surface area (TPSA) is 99.1 Å².